The number of hydrogen-bond acceptors (Lipinski definition) is 6. The van der Waals surface area contributed by atoms with Crippen molar-refractivity contribution in [2.45, 2.75) is 19.3 Å². The molecule has 0 radical (unpaired) electrons. The van der Waals surface area contributed by atoms with Gasteiger partial charge in [0, 0.05) is 13.1 Å². The predicted octanol–water partition coefficient (Wildman–Crippen LogP) is 2.28. The minimum Gasteiger partial charge on any atom is -0.493 e. The highest BCUT2D eigenvalue weighted by molar-refractivity contribution is 5.91. The molecule has 1 aliphatic rings. The number of nitrogens with zero attached hydrogens (tertiary/aromatic N) is 3. The zero-order chi connectivity index (χ0) is 17.6. The molecular formula is C18H22N4O3. The maximum Gasteiger partial charge on any atom is 0.229 e. The van der Waals surface area contributed by atoms with E-state index in [0.29, 0.717) is 17.3 Å². The van der Waals surface area contributed by atoms with E-state index in [2.05, 4.69) is 20.4 Å². The molecule has 0 aliphatic carbocycles. The van der Waals surface area contributed by atoms with Crippen molar-refractivity contribution in [3.05, 3.63) is 35.9 Å². The third kappa shape index (κ3) is 4.17. The van der Waals surface area contributed by atoms with Crippen LogP contribution in [0.4, 0.5) is 11.6 Å². The van der Waals surface area contributed by atoms with Crippen molar-refractivity contribution in [3.8, 4) is 11.5 Å². The summed E-state index contributed by atoms with van der Waals surface area (Å²) in [5.41, 5.74) is 0.830. The summed E-state index contributed by atoms with van der Waals surface area (Å²) < 4.78 is 10.5. The number of nitrogens with one attached hydrogen (secondary N) is 1. The van der Waals surface area contributed by atoms with Crippen molar-refractivity contribution in [1.82, 2.24) is 10.2 Å². The quantitative estimate of drug-likeness (QED) is 0.868. The summed E-state index contributed by atoms with van der Waals surface area (Å²) in [5, 5.41) is 11.1. The van der Waals surface area contributed by atoms with Crippen molar-refractivity contribution in [1.29, 1.82) is 0 Å². The SMILES string of the molecule is COc1ccc(CC(=O)Nc2ccc(N3CCCC3)nn2)cc1OC. The number of aromatic nitrogens is 2. The molecule has 0 saturated carbocycles. The number of amides is 1. The van der Waals surface area contributed by atoms with E-state index in [9.17, 15) is 4.79 Å². The number of anilines is 2. The van der Waals surface area contributed by atoms with Gasteiger partial charge in [0.1, 0.15) is 0 Å². The van der Waals surface area contributed by atoms with Crippen molar-refractivity contribution in [2.24, 2.45) is 0 Å². The van der Waals surface area contributed by atoms with Gasteiger partial charge < -0.3 is 19.7 Å². The summed E-state index contributed by atoms with van der Waals surface area (Å²) >= 11 is 0. The van der Waals surface area contributed by atoms with Crippen LogP contribution in [-0.4, -0.2) is 43.4 Å². The lowest BCUT2D eigenvalue weighted by Crippen LogP contribution is -2.20. The minimum absolute atomic E-state index is 0.157. The fourth-order valence-corrected chi connectivity index (χ4v) is 2.87. The van der Waals surface area contributed by atoms with Crippen molar-refractivity contribution in [3.63, 3.8) is 0 Å². The molecule has 1 amide bonds. The van der Waals surface area contributed by atoms with Crippen LogP contribution in [0.15, 0.2) is 30.3 Å². The van der Waals surface area contributed by atoms with E-state index in [-0.39, 0.29) is 12.3 Å². The average molecular weight is 342 g/mol. The van der Waals surface area contributed by atoms with E-state index in [1.807, 2.05) is 12.1 Å². The second kappa shape index (κ2) is 7.83. The maximum atomic E-state index is 12.2. The monoisotopic (exact) mass is 342 g/mol. The Morgan fingerprint density at radius 3 is 2.48 bits per heavy atom. The largest absolute Gasteiger partial charge is 0.493 e. The normalized spacial score (nSPS) is 13.6. The van der Waals surface area contributed by atoms with E-state index < -0.39 is 0 Å². The Labute approximate surface area is 147 Å². The van der Waals surface area contributed by atoms with Crippen LogP contribution in [0.5, 0.6) is 11.5 Å². The predicted molar refractivity (Wildman–Crippen MR) is 95.4 cm³/mol. The molecule has 1 aromatic carbocycles. The molecular weight excluding hydrogens is 320 g/mol. The van der Waals surface area contributed by atoms with Crippen molar-refractivity contribution >= 4 is 17.5 Å². The van der Waals surface area contributed by atoms with Gasteiger partial charge >= 0.3 is 0 Å². The Bertz CT molecular complexity index is 728. The van der Waals surface area contributed by atoms with E-state index in [4.69, 9.17) is 9.47 Å². The molecule has 1 fully saturated rings. The number of ether oxygens (including phenoxy) is 2. The van der Waals surface area contributed by atoms with Gasteiger partial charge in [-0.1, -0.05) is 6.07 Å². The number of benzene rings is 1. The molecule has 132 valence electrons. The summed E-state index contributed by atoms with van der Waals surface area (Å²) in [6.45, 7) is 2.03. The highest BCUT2D eigenvalue weighted by Gasteiger charge is 2.14. The van der Waals surface area contributed by atoms with Gasteiger partial charge in [-0.2, -0.15) is 0 Å². The van der Waals surface area contributed by atoms with Gasteiger partial charge in [-0.3, -0.25) is 4.79 Å². The van der Waals surface area contributed by atoms with Gasteiger partial charge in [0.05, 0.1) is 20.6 Å². The molecule has 2 aromatic rings. The molecule has 0 atom stereocenters. The highest BCUT2D eigenvalue weighted by Crippen LogP contribution is 2.27. The van der Waals surface area contributed by atoms with Crippen molar-refractivity contribution in [2.75, 3.05) is 37.5 Å². The Morgan fingerprint density at radius 2 is 1.84 bits per heavy atom. The number of rotatable bonds is 6. The Morgan fingerprint density at radius 1 is 1.08 bits per heavy atom. The third-order valence-electron chi connectivity index (χ3n) is 4.16. The second-order valence-corrected chi connectivity index (χ2v) is 5.89. The van der Waals surface area contributed by atoms with E-state index in [1.165, 1.54) is 12.8 Å². The minimum atomic E-state index is -0.157. The van der Waals surface area contributed by atoms with Crippen LogP contribution in [0.3, 0.4) is 0 Å². The molecule has 0 unspecified atom stereocenters. The van der Waals surface area contributed by atoms with Crippen LogP contribution < -0.4 is 19.7 Å². The number of carbonyl (C=O) groups excluding carboxylic acids is 1. The standard InChI is InChI=1S/C18H22N4O3/c1-24-14-6-5-13(11-15(14)25-2)12-18(23)19-16-7-8-17(21-20-16)22-9-3-4-10-22/h5-8,11H,3-4,9-10,12H2,1-2H3,(H,19,20,23). The van der Waals surface area contributed by atoms with Gasteiger partial charge in [-0.05, 0) is 42.7 Å². The van der Waals surface area contributed by atoms with Gasteiger partial charge in [0.25, 0.3) is 0 Å². The fraction of sp³-hybridized carbons (Fsp3) is 0.389. The van der Waals surface area contributed by atoms with Crippen LogP contribution in [0.25, 0.3) is 0 Å². The topological polar surface area (TPSA) is 76.6 Å². The molecule has 2 heterocycles. The molecule has 3 rings (SSSR count). The van der Waals surface area contributed by atoms with Gasteiger partial charge in [-0.25, -0.2) is 0 Å². The molecule has 25 heavy (non-hydrogen) atoms. The maximum absolute atomic E-state index is 12.2. The first-order valence-corrected chi connectivity index (χ1v) is 8.29. The van der Waals surface area contributed by atoms with Crippen LogP contribution in [0, 0.1) is 0 Å². The molecule has 7 nitrogen and oxygen atoms in total. The van der Waals surface area contributed by atoms with E-state index >= 15 is 0 Å². The Kier molecular flexibility index (Phi) is 5.33. The lowest BCUT2D eigenvalue weighted by molar-refractivity contribution is -0.115. The molecule has 0 bridgehead atoms. The van der Waals surface area contributed by atoms with Gasteiger partial charge in [0.15, 0.2) is 23.1 Å². The number of hydrogen-bond donors (Lipinski definition) is 1. The zero-order valence-electron chi connectivity index (χ0n) is 14.5. The van der Waals surface area contributed by atoms with E-state index in [0.717, 1.165) is 24.5 Å². The Balaban J connectivity index is 1.60. The molecule has 1 N–H and O–H groups in total. The van der Waals surface area contributed by atoms with Crippen molar-refractivity contribution < 1.29 is 14.3 Å². The summed E-state index contributed by atoms with van der Waals surface area (Å²) in [6.07, 6.45) is 2.59. The number of carbonyl (C=O) groups is 1. The summed E-state index contributed by atoms with van der Waals surface area (Å²) in [6, 6.07) is 9.09. The average Bonchev–Trinajstić information content (AvgIpc) is 3.17. The lowest BCUT2D eigenvalue weighted by atomic mass is 10.1. The first kappa shape index (κ1) is 17.0. The molecule has 1 aliphatic heterocycles. The number of methoxy groups -OCH3 is 2. The van der Waals surface area contributed by atoms with Crippen LogP contribution in [0.2, 0.25) is 0 Å². The third-order valence-corrected chi connectivity index (χ3v) is 4.16. The highest BCUT2D eigenvalue weighted by atomic mass is 16.5. The van der Waals surface area contributed by atoms with Crippen LogP contribution >= 0.6 is 0 Å². The Hall–Kier alpha value is -2.83. The second-order valence-electron chi connectivity index (χ2n) is 5.89. The smallest absolute Gasteiger partial charge is 0.229 e. The van der Waals surface area contributed by atoms with E-state index in [1.54, 1.807) is 32.4 Å². The van der Waals surface area contributed by atoms with Crippen LogP contribution in [-0.2, 0) is 11.2 Å². The van der Waals surface area contributed by atoms with Crippen LogP contribution in [0.1, 0.15) is 18.4 Å². The molecule has 1 saturated heterocycles. The molecule has 0 spiro atoms. The molecule has 7 heteroatoms. The summed E-state index contributed by atoms with van der Waals surface area (Å²) in [5.74, 6) is 2.39. The van der Waals surface area contributed by atoms with Gasteiger partial charge in [0.2, 0.25) is 5.91 Å². The fourth-order valence-electron chi connectivity index (χ4n) is 2.87. The lowest BCUT2D eigenvalue weighted by Gasteiger charge is -2.15. The zero-order valence-corrected chi connectivity index (χ0v) is 14.5. The molecule has 1 aromatic heterocycles. The van der Waals surface area contributed by atoms with Gasteiger partial charge in [-0.15, -0.1) is 10.2 Å². The summed E-state index contributed by atoms with van der Waals surface area (Å²) in [7, 11) is 3.15. The first-order valence-electron chi connectivity index (χ1n) is 8.29. The summed E-state index contributed by atoms with van der Waals surface area (Å²) in [4.78, 5) is 14.4. The first-order chi connectivity index (χ1) is 12.2.